The Balaban J connectivity index is 2.49. The van der Waals surface area contributed by atoms with Gasteiger partial charge in [-0.1, -0.05) is 0 Å². The van der Waals surface area contributed by atoms with Gasteiger partial charge < -0.3 is 10.5 Å². The standard InChI is InChI=1S/C11H11BrN4O2/c1-6-3-7(12)10(14-4-6)16-5-8(13)9(15-16)11(17)18-2/h3-5H,13H2,1-2H3. The molecule has 0 aromatic carbocycles. The highest BCUT2D eigenvalue weighted by molar-refractivity contribution is 9.10. The number of anilines is 1. The molecular formula is C11H11BrN4O2. The van der Waals surface area contributed by atoms with E-state index < -0.39 is 5.97 Å². The number of aryl methyl sites for hydroxylation is 1. The Morgan fingerprint density at radius 1 is 1.56 bits per heavy atom. The number of nitrogens with two attached hydrogens (primary N) is 1. The minimum atomic E-state index is -0.575. The molecule has 0 fully saturated rings. The summed E-state index contributed by atoms with van der Waals surface area (Å²) in [6, 6.07) is 1.90. The molecule has 0 amide bonds. The number of esters is 1. The molecular weight excluding hydrogens is 300 g/mol. The normalized spacial score (nSPS) is 10.4. The minimum Gasteiger partial charge on any atom is -0.464 e. The molecule has 0 aliphatic rings. The Bertz CT molecular complexity index is 609. The third-order valence-corrected chi connectivity index (χ3v) is 2.88. The molecule has 2 heterocycles. The van der Waals surface area contributed by atoms with Crippen molar-refractivity contribution in [2.24, 2.45) is 0 Å². The van der Waals surface area contributed by atoms with Crippen LogP contribution in [-0.4, -0.2) is 27.8 Å². The number of aromatic nitrogens is 3. The smallest absolute Gasteiger partial charge is 0.360 e. The van der Waals surface area contributed by atoms with Crippen molar-refractivity contribution in [1.29, 1.82) is 0 Å². The Labute approximate surface area is 112 Å². The Morgan fingerprint density at radius 3 is 2.89 bits per heavy atom. The van der Waals surface area contributed by atoms with Crippen LogP contribution in [0.5, 0.6) is 0 Å². The van der Waals surface area contributed by atoms with Crippen molar-refractivity contribution in [3.8, 4) is 5.82 Å². The molecule has 0 bridgehead atoms. The third-order valence-electron chi connectivity index (χ3n) is 2.30. The molecule has 0 unspecified atom stereocenters. The minimum absolute atomic E-state index is 0.0757. The van der Waals surface area contributed by atoms with E-state index >= 15 is 0 Å². The van der Waals surface area contributed by atoms with Gasteiger partial charge in [0.25, 0.3) is 0 Å². The van der Waals surface area contributed by atoms with Crippen LogP contribution < -0.4 is 5.73 Å². The molecule has 2 aromatic rings. The van der Waals surface area contributed by atoms with Gasteiger partial charge in [-0.25, -0.2) is 14.5 Å². The average molecular weight is 311 g/mol. The number of carbonyl (C=O) groups excluding carboxylic acids is 1. The van der Waals surface area contributed by atoms with Crippen molar-refractivity contribution in [3.05, 3.63) is 34.2 Å². The second-order valence-corrected chi connectivity index (χ2v) is 4.54. The summed E-state index contributed by atoms with van der Waals surface area (Å²) in [4.78, 5) is 15.6. The summed E-state index contributed by atoms with van der Waals surface area (Å²) in [7, 11) is 1.28. The van der Waals surface area contributed by atoms with Crippen LogP contribution in [0.15, 0.2) is 22.9 Å². The number of methoxy groups -OCH3 is 1. The number of nitrogen functional groups attached to an aromatic ring is 1. The number of rotatable bonds is 2. The molecule has 0 aliphatic heterocycles. The van der Waals surface area contributed by atoms with Crippen LogP contribution in [0.3, 0.4) is 0 Å². The predicted molar refractivity (Wildman–Crippen MR) is 69.5 cm³/mol. The second kappa shape index (κ2) is 4.77. The highest BCUT2D eigenvalue weighted by Gasteiger charge is 2.17. The maximum atomic E-state index is 11.4. The quantitative estimate of drug-likeness (QED) is 0.854. The summed E-state index contributed by atoms with van der Waals surface area (Å²) < 4.78 is 6.79. The Morgan fingerprint density at radius 2 is 2.28 bits per heavy atom. The van der Waals surface area contributed by atoms with Crippen molar-refractivity contribution in [1.82, 2.24) is 14.8 Å². The lowest BCUT2D eigenvalue weighted by molar-refractivity contribution is 0.0594. The summed E-state index contributed by atoms with van der Waals surface area (Å²) in [6.45, 7) is 1.93. The van der Waals surface area contributed by atoms with Crippen molar-refractivity contribution < 1.29 is 9.53 Å². The van der Waals surface area contributed by atoms with Gasteiger partial charge in [-0.15, -0.1) is 0 Å². The molecule has 6 nitrogen and oxygen atoms in total. The molecule has 0 radical (unpaired) electrons. The highest BCUT2D eigenvalue weighted by atomic mass is 79.9. The fourth-order valence-corrected chi connectivity index (χ4v) is 2.09. The molecule has 7 heteroatoms. The van der Waals surface area contributed by atoms with Crippen LogP contribution in [0, 0.1) is 6.92 Å². The first-order valence-corrected chi connectivity index (χ1v) is 5.88. The van der Waals surface area contributed by atoms with Gasteiger partial charge >= 0.3 is 5.97 Å². The van der Waals surface area contributed by atoms with Crippen molar-refractivity contribution in [3.63, 3.8) is 0 Å². The first-order valence-electron chi connectivity index (χ1n) is 5.09. The maximum Gasteiger partial charge on any atom is 0.360 e. The fourth-order valence-electron chi connectivity index (χ4n) is 1.45. The zero-order valence-corrected chi connectivity index (χ0v) is 11.4. The van der Waals surface area contributed by atoms with E-state index in [0.717, 1.165) is 10.0 Å². The van der Waals surface area contributed by atoms with E-state index in [0.29, 0.717) is 5.82 Å². The van der Waals surface area contributed by atoms with Gasteiger partial charge in [-0.05, 0) is 34.5 Å². The third kappa shape index (κ3) is 2.21. The van der Waals surface area contributed by atoms with Gasteiger partial charge in [0.05, 0.1) is 23.5 Å². The number of hydrogen-bond donors (Lipinski definition) is 1. The Kier molecular flexibility index (Phi) is 3.33. The van der Waals surface area contributed by atoms with Crippen LogP contribution in [0.4, 0.5) is 5.69 Å². The van der Waals surface area contributed by atoms with Crippen LogP contribution >= 0.6 is 15.9 Å². The SMILES string of the molecule is COC(=O)c1nn(-c2ncc(C)cc2Br)cc1N. The molecule has 0 spiro atoms. The monoisotopic (exact) mass is 310 g/mol. The van der Waals surface area contributed by atoms with Gasteiger partial charge in [0, 0.05) is 6.20 Å². The van der Waals surface area contributed by atoms with E-state index in [9.17, 15) is 4.79 Å². The molecule has 2 rings (SSSR count). The van der Waals surface area contributed by atoms with Crippen LogP contribution in [0.2, 0.25) is 0 Å². The summed E-state index contributed by atoms with van der Waals surface area (Å²) in [5.41, 5.74) is 7.04. The molecule has 2 aromatic heterocycles. The number of ether oxygens (including phenoxy) is 1. The molecule has 0 aliphatic carbocycles. The molecule has 2 N–H and O–H groups in total. The first kappa shape index (κ1) is 12.6. The van der Waals surface area contributed by atoms with Gasteiger partial charge in [0.2, 0.25) is 0 Å². The molecule has 0 atom stereocenters. The molecule has 0 saturated carbocycles. The fraction of sp³-hybridized carbons (Fsp3) is 0.182. The van der Waals surface area contributed by atoms with Gasteiger partial charge in [0.15, 0.2) is 11.5 Å². The topological polar surface area (TPSA) is 83.0 Å². The Hall–Kier alpha value is -1.89. The van der Waals surface area contributed by atoms with Crippen LogP contribution in [0.1, 0.15) is 16.1 Å². The van der Waals surface area contributed by atoms with E-state index in [1.165, 1.54) is 18.0 Å². The largest absolute Gasteiger partial charge is 0.464 e. The lowest BCUT2D eigenvalue weighted by Gasteiger charge is -2.03. The first-order chi connectivity index (χ1) is 8.52. The van der Waals surface area contributed by atoms with Gasteiger partial charge in [0.1, 0.15) is 0 Å². The van der Waals surface area contributed by atoms with Gasteiger partial charge in [-0.2, -0.15) is 5.10 Å². The van der Waals surface area contributed by atoms with E-state index in [1.54, 1.807) is 6.20 Å². The van der Waals surface area contributed by atoms with Crippen molar-refractivity contribution >= 4 is 27.6 Å². The van der Waals surface area contributed by atoms with E-state index in [4.69, 9.17) is 5.73 Å². The average Bonchev–Trinajstić information content (AvgIpc) is 2.70. The van der Waals surface area contributed by atoms with Crippen LogP contribution in [-0.2, 0) is 4.74 Å². The van der Waals surface area contributed by atoms with E-state index in [2.05, 4.69) is 30.7 Å². The number of pyridine rings is 1. The van der Waals surface area contributed by atoms with E-state index in [-0.39, 0.29) is 11.4 Å². The van der Waals surface area contributed by atoms with Crippen molar-refractivity contribution in [2.75, 3.05) is 12.8 Å². The summed E-state index contributed by atoms with van der Waals surface area (Å²) >= 11 is 3.39. The van der Waals surface area contributed by atoms with Gasteiger partial charge in [-0.3, -0.25) is 0 Å². The van der Waals surface area contributed by atoms with E-state index in [1.807, 2.05) is 13.0 Å². The summed E-state index contributed by atoms with van der Waals surface area (Å²) in [5.74, 6) is -0.0167. The number of carbonyl (C=O) groups is 1. The number of hydrogen-bond acceptors (Lipinski definition) is 5. The molecule has 0 saturated heterocycles. The lowest BCUT2D eigenvalue weighted by Crippen LogP contribution is -2.06. The molecule has 18 heavy (non-hydrogen) atoms. The van der Waals surface area contributed by atoms with Crippen molar-refractivity contribution in [2.45, 2.75) is 6.92 Å². The highest BCUT2D eigenvalue weighted by Crippen LogP contribution is 2.21. The number of halogens is 1. The lowest BCUT2D eigenvalue weighted by atomic mass is 10.3. The summed E-state index contributed by atoms with van der Waals surface area (Å²) in [6.07, 6.45) is 3.23. The number of nitrogens with zero attached hydrogens (tertiary/aromatic N) is 3. The predicted octanol–water partition coefficient (Wildman–Crippen LogP) is 1.71. The maximum absolute atomic E-state index is 11.4. The zero-order chi connectivity index (χ0) is 13.3. The summed E-state index contributed by atoms with van der Waals surface area (Å²) in [5, 5.41) is 4.07. The van der Waals surface area contributed by atoms with Crippen LogP contribution in [0.25, 0.3) is 5.82 Å². The molecule has 94 valence electrons. The zero-order valence-electron chi connectivity index (χ0n) is 9.85. The second-order valence-electron chi connectivity index (χ2n) is 3.69.